The molecule has 0 bridgehead atoms. The van der Waals surface area contributed by atoms with Crippen LogP contribution in [0.25, 0.3) is 0 Å². The third-order valence-electron chi connectivity index (χ3n) is 1.88. The number of carboxylic acid groups (broad SMARTS) is 1. The van der Waals surface area contributed by atoms with Gasteiger partial charge in [-0.25, -0.2) is 4.79 Å². The van der Waals surface area contributed by atoms with Crippen LogP contribution in [-0.4, -0.2) is 21.3 Å². The number of rotatable bonds is 3. The summed E-state index contributed by atoms with van der Waals surface area (Å²) in [6.45, 7) is 1.85. The van der Waals surface area contributed by atoms with Crippen molar-refractivity contribution in [3.05, 3.63) is 35.9 Å². The average molecular weight is 236 g/mol. The fourth-order valence-electron chi connectivity index (χ4n) is 1.08. The second-order valence-corrected chi connectivity index (χ2v) is 4.07. The molecule has 2 heterocycles. The molecule has 0 aliphatic carbocycles. The molecule has 2 rings (SSSR count). The topological polar surface area (TPSA) is 76.2 Å². The summed E-state index contributed by atoms with van der Waals surface area (Å²) in [6, 6.07) is 4.87. The maximum absolute atomic E-state index is 10.6. The summed E-state index contributed by atoms with van der Waals surface area (Å²) in [4.78, 5) is 11.5. The summed E-state index contributed by atoms with van der Waals surface area (Å²) < 4.78 is 5.14. The predicted molar refractivity (Wildman–Crippen MR) is 56.6 cm³/mol. The van der Waals surface area contributed by atoms with Gasteiger partial charge in [-0.1, -0.05) is 11.8 Å². The Morgan fingerprint density at radius 3 is 2.69 bits per heavy atom. The smallest absolute Gasteiger partial charge is 0.356 e. The van der Waals surface area contributed by atoms with E-state index in [2.05, 4.69) is 10.2 Å². The van der Waals surface area contributed by atoms with Crippen molar-refractivity contribution in [2.24, 2.45) is 0 Å². The highest BCUT2D eigenvalue weighted by Crippen LogP contribution is 2.28. The summed E-state index contributed by atoms with van der Waals surface area (Å²) in [6.07, 6.45) is 1.59. The molecule has 5 nitrogen and oxygen atoms in total. The van der Waals surface area contributed by atoms with Crippen molar-refractivity contribution in [2.45, 2.75) is 16.8 Å². The normalized spacial score (nSPS) is 10.3. The molecule has 0 aliphatic heterocycles. The maximum Gasteiger partial charge on any atom is 0.356 e. The molecule has 82 valence electrons. The van der Waals surface area contributed by atoms with Crippen LogP contribution in [0.1, 0.15) is 16.2 Å². The first-order valence-corrected chi connectivity index (χ1v) is 5.27. The van der Waals surface area contributed by atoms with E-state index in [-0.39, 0.29) is 5.69 Å². The number of aryl methyl sites for hydroxylation is 1. The highest BCUT2D eigenvalue weighted by Gasteiger charge is 2.08. The minimum atomic E-state index is -1.08. The van der Waals surface area contributed by atoms with Gasteiger partial charge in [0.05, 0.1) is 11.2 Å². The van der Waals surface area contributed by atoms with Gasteiger partial charge in [0.25, 0.3) is 0 Å². The zero-order valence-corrected chi connectivity index (χ0v) is 9.19. The lowest BCUT2D eigenvalue weighted by molar-refractivity contribution is 0.0689. The Hall–Kier alpha value is -1.82. The van der Waals surface area contributed by atoms with Gasteiger partial charge in [0.2, 0.25) is 0 Å². The van der Waals surface area contributed by atoms with Crippen LogP contribution in [0.4, 0.5) is 0 Å². The lowest BCUT2D eigenvalue weighted by atomic mass is 10.4. The van der Waals surface area contributed by atoms with E-state index in [4.69, 9.17) is 9.52 Å². The number of furan rings is 1. The quantitative estimate of drug-likeness (QED) is 0.880. The number of hydrogen-bond acceptors (Lipinski definition) is 5. The Bertz CT molecular complexity index is 507. The van der Waals surface area contributed by atoms with Gasteiger partial charge in [-0.05, 0) is 25.1 Å². The fraction of sp³-hybridized carbons (Fsp3) is 0.100. The Kier molecular flexibility index (Phi) is 2.91. The Balaban J connectivity index is 2.17. The van der Waals surface area contributed by atoms with Crippen molar-refractivity contribution in [2.75, 3.05) is 0 Å². The van der Waals surface area contributed by atoms with Gasteiger partial charge < -0.3 is 9.52 Å². The monoisotopic (exact) mass is 236 g/mol. The molecule has 0 spiro atoms. The van der Waals surface area contributed by atoms with Gasteiger partial charge >= 0.3 is 5.97 Å². The summed E-state index contributed by atoms with van der Waals surface area (Å²) in [5, 5.41) is 16.7. The van der Waals surface area contributed by atoms with Crippen LogP contribution in [0.15, 0.2) is 38.8 Å². The molecule has 0 aromatic carbocycles. The molecule has 0 saturated carbocycles. The molecule has 2 aromatic heterocycles. The number of nitrogens with zero attached hydrogens (tertiary/aromatic N) is 2. The molecule has 0 unspecified atom stereocenters. The zero-order valence-electron chi connectivity index (χ0n) is 8.38. The molecule has 2 aromatic rings. The predicted octanol–water partition coefficient (Wildman–Crippen LogP) is 2.23. The van der Waals surface area contributed by atoms with Gasteiger partial charge in [0.1, 0.15) is 10.8 Å². The first-order valence-electron chi connectivity index (χ1n) is 4.46. The van der Waals surface area contributed by atoms with Crippen LogP contribution in [-0.2, 0) is 0 Å². The van der Waals surface area contributed by atoms with Crippen LogP contribution < -0.4 is 0 Å². The summed E-state index contributed by atoms with van der Waals surface area (Å²) in [5.74, 6) is -0.280. The molecule has 0 aliphatic rings. The number of hydrogen-bond donors (Lipinski definition) is 1. The number of carbonyl (C=O) groups is 1. The largest absolute Gasteiger partial charge is 0.476 e. The van der Waals surface area contributed by atoms with Crippen LogP contribution in [0.3, 0.4) is 0 Å². The van der Waals surface area contributed by atoms with Gasteiger partial charge in [-0.3, -0.25) is 0 Å². The maximum atomic E-state index is 10.6. The van der Waals surface area contributed by atoms with Gasteiger partial charge in [0.15, 0.2) is 5.69 Å². The average Bonchev–Trinajstić information content (AvgIpc) is 2.65. The standard InChI is InChI=1S/C10H8N2O3S/c1-6-8(4-5-15-6)16-9-3-2-7(10(13)14)11-12-9/h2-5H,1H3,(H,13,14). The zero-order chi connectivity index (χ0) is 11.5. The van der Waals surface area contributed by atoms with Crippen molar-refractivity contribution in [1.29, 1.82) is 0 Å². The fourth-order valence-corrected chi connectivity index (χ4v) is 1.84. The molecule has 0 saturated heterocycles. The molecule has 6 heteroatoms. The van der Waals surface area contributed by atoms with E-state index in [1.54, 1.807) is 12.3 Å². The summed E-state index contributed by atoms with van der Waals surface area (Å²) in [7, 11) is 0. The molecule has 0 amide bonds. The minimum absolute atomic E-state index is 0.0618. The van der Waals surface area contributed by atoms with Crippen molar-refractivity contribution in [1.82, 2.24) is 10.2 Å². The number of aromatic carboxylic acids is 1. The first-order chi connectivity index (χ1) is 7.66. The third-order valence-corrected chi connectivity index (χ3v) is 2.96. The second kappa shape index (κ2) is 4.36. The van der Waals surface area contributed by atoms with Gasteiger partial charge in [-0.15, -0.1) is 10.2 Å². The van der Waals surface area contributed by atoms with Crippen molar-refractivity contribution < 1.29 is 14.3 Å². The Morgan fingerprint density at radius 1 is 1.38 bits per heavy atom. The van der Waals surface area contributed by atoms with E-state index < -0.39 is 5.97 Å². The van der Waals surface area contributed by atoms with Crippen LogP contribution in [0.2, 0.25) is 0 Å². The van der Waals surface area contributed by atoms with E-state index in [1.807, 2.05) is 13.0 Å². The highest BCUT2D eigenvalue weighted by molar-refractivity contribution is 7.99. The van der Waals surface area contributed by atoms with Gasteiger partial charge in [-0.2, -0.15) is 0 Å². The molecule has 0 radical (unpaired) electrons. The number of aromatic nitrogens is 2. The molecule has 1 N–H and O–H groups in total. The molecule has 0 atom stereocenters. The van der Waals surface area contributed by atoms with E-state index in [0.29, 0.717) is 5.03 Å². The van der Waals surface area contributed by atoms with Crippen LogP contribution >= 0.6 is 11.8 Å². The molecule has 0 fully saturated rings. The van der Waals surface area contributed by atoms with Crippen LogP contribution in [0, 0.1) is 6.92 Å². The third kappa shape index (κ3) is 2.22. The van der Waals surface area contributed by atoms with E-state index >= 15 is 0 Å². The lowest BCUT2D eigenvalue weighted by Gasteiger charge is -1.98. The Morgan fingerprint density at radius 2 is 2.19 bits per heavy atom. The molecule has 16 heavy (non-hydrogen) atoms. The van der Waals surface area contributed by atoms with Gasteiger partial charge in [0, 0.05) is 0 Å². The van der Waals surface area contributed by atoms with Crippen molar-refractivity contribution in [3.63, 3.8) is 0 Å². The Labute approximate surface area is 95.5 Å². The highest BCUT2D eigenvalue weighted by atomic mass is 32.2. The first kappa shape index (κ1) is 10.7. The lowest BCUT2D eigenvalue weighted by Crippen LogP contribution is -2.01. The molecular formula is C10H8N2O3S. The summed E-state index contributed by atoms with van der Waals surface area (Å²) in [5.41, 5.74) is -0.0618. The second-order valence-electron chi connectivity index (χ2n) is 3.01. The van der Waals surface area contributed by atoms with E-state index in [1.165, 1.54) is 17.8 Å². The SMILES string of the molecule is Cc1occc1Sc1ccc(C(=O)O)nn1. The molecular weight excluding hydrogens is 228 g/mol. The van der Waals surface area contributed by atoms with Crippen LogP contribution in [0.5, 0.6) is 0 Å². The minimum Gasteiger partial charge on any atom is -0.476 e. The number of carboxylic acids is 1. The van der Waals surface area contributed by atoms with Crippen molar-refractivity contribution in [3.8, 4) is 0 Å². The van der Waals surface area contributed by atoms with E-state index in [0.717, 1.165) is 10.7 Å². The summed E-state index contributed by atoms with van der Waals surface area (Å²) >= 11 is 1.38. The van der Waals surface area contributed by atoms with E-state index in [9.17, 15) is 4.79 Å². The van der Waals surface area contributed by atoms with Crippen molar-refractivity contribution >= 4 is 17.7 Å².